The Balaban J connectivity index is 2.26. The summed E-state index contributed by atoms with van der Waals surface area (Å²) < 4.78 is 5.21. The Morgan fingerprint density at radius 1 is 1.35 bits per heavy atom. The van der Waals surface area contributed by atoms with Gasteiger partial charge in [-0.15, -0.1) is 0 Å². The van der Waals surface area contributed by atoms with Crippen molar-refractivity contribution in [3.63, 3.8) is 0 Å². The second-order valence-electron chi connectivity index (χ2n) is 6.57. The highest BCUT2D eigenvalue weighted by atomic mass is 17.2. The van der Waals surface area contributed by atoms with Gasteiger partial charge in [0.05, 0.1) is 6.61 Å². The molecule has 3 heteroatoms. The Morgan fingerprint density at radius 3 is 2.69 bits per heavy atom. The van der Waals surface area contributed by atoms with Crippen molar-refractivity contribution < 1.29 is 14.5 Å². The van der Waals surface area contributed by atoms with Crippen molar-refractivity contribution >= 4 is 5.57 Å². The number of rotatable bonds is 9. The first kappa shape index (κ1) is 20.0. The van der Waals surface area contributed by atoms with Crippen molar-refractivity contribution in [2.45, 2.75) is 32.3 Å². The summed E-state index contributed by atoms with van der Waals surface area (Å²) in [6, 6.07) is 6.14. The lowest BCUT2D eigenvalue weighted by Crippen LogP contribution is -2.13. The van der Waals surface area contributed by atoms with E-state index >= 15 is 0 Å². The van der Waals surface area contributed by atoms with Crippen molar-refractivity contribution in [3.8, 4) is 5.75 Å². The minimum Gasteiger partial charge on any atom is -0.380 e. The predicted octanol–water partition coefficient (Wildman–Crippen LogP) is 5.78. The minimum absolute atomic E-state index is 0.199. The maximum Gasteiger partial charge on any atom is 0.173 e. The van der Waals surface area contributed by atoms with Crippen LogP contribution in [-0.2, 0) is 9.62 Å². The Kier molecular flexibility index (Phi) is 7.19. The van der Waals surface area contributed by atoms with Gasteiger partial charge in [-0.2, -0.15) is 4.89 Å². The smallest absolute Gasteiger partial charge is 0.173 e. The van der Waals surface area contributed by atoms with E-state index in [9.17, 15) is 0 Å². The Labute approximate surface area is 156 Å². The molecule has 138 valence electrons. The molecule has 26 heavy (non-hydrogen) atoms. The molecule has 0 aliphatic heterocycles. The van der Waals surface area contributed by atoms with Gasteiger partial charge in [0.2, 0.25) is 0 Å². The number of hydrogen-bond acceptors (Lipinski definition) is 3. The average molecular weight is 352 g/mol. The van der Waals surface area contributed by atoms with Crippen LogP contribution in [0.4, 0.5) is 0 Å². The monoisotopic (exact) mass is 352 g/mol. The summed E-state index contributed by atoms with van der Waals surface area (Å²) in [6.07, 6.45) is 9.08. The first-order valence-electron chi connectivity index (χ1n) is 8.76. The fourth-order valence-electron chi connectivity index (χ4n) is 2.62. The summed E-state index contributed by atoms with van der Waals surface area (Å²) in [7, 11) is 1.65. The quantitative estimate of drug-likeness (QED) is 0.320. The van der Waals surface area contributed by atoms with Crippen LogP contribution in [0.5, 0.6) is 5.75 Å². The molecule has 1 aromatic carbocycles. The molecule has 0 fully saturated rings. The largest absolute Gasteiger partial charge is 0.380 e. The van der Waals surface area contributed by atoms with Gasteiger partial charge in [0.25, 0.3) is 0 Å². The van der Waals surface area contributed by atoms with Crippen LogP contribution in [0.1, 0.15) is 37.3 Å². The first-order chi connectivity index (χ1) is 12.5. The molecular formula is C23H28O3. The average Bonchev–Trinajstić information content (AvgIpc) is 2.66. The van der Waals surface area contributed by atoms with Gasteiger partial charge in [0.15, 0.2) is 5.75 Å². The Hall–Kier alpha value is -2.36. The number of benzene rings is 1. The van der Waals surface area contributed by atoms with E-state index in [1.165, 1.54) is 0 Å². The minimum atomic E-state index is -0.199. The highest BCUT2D eigenvalue weighted by Crippen LogP contribution is 2.34. The molecule has 0 spiro atoms. The van der Waals surface area contributed by atoms with E-state index in [4.69, 9.17) is 14.5 Å². The molecule has 0 radical (unpaired) electrons. The SMILES string of the molecule is C=CC1=CCC(c2ccc(C(=C)COC)c(OOC(C)C(=C)C)c2)C=C1. The number of ether oxygens (including phenoxy) is 1. The van der Waals surface area contributed by atoms with Crippen LogP contribution in [0, 0.1) is 0 Å². The normalized spacial score (nSPS) is 17.3. The Morgan fingerprint density at radius 2 is 2.12 bits per heavy atom. The topological polar surface area (TPSA) is 27.7 Å². The van der Waals surface area contributed by atoms with E-state index in [-0.39, 0.29) is 6.10 Å². The molecule has 0 heterocycles. The molecule has 0 N–H and O–H groups in total. The maximum absolute atomic E-state index is 5.67. The molecule has 2 unspecified atom stereocenters. The van der Waals surface area contributed by atoms with Crippen molar-refractivity contribution in [1.82, 2.24) is 0 Å². The molecule has 3 nitrogen and oxygen atoms in total. The van der Waals surface area contributed by atoms with Crippen LogP contribution in [0.2, 0.25) is 0 Å². The van der Waals surface area contributed by atoms with Gasteiger partial charge < -0.3 is 9.62 Å². The third-order valence-electron chi connectivity index (χ3n) is 4.47. The summed E-state index contributed by atoms with van der Waals surface area (Å²) >= 11 is 0. The van der Waals surface area contributed by atoms with Gasteiger partial charge in [-0.3, -0.25) is 0 Å². The number of allylic oxidation sites excluding steroid dienone is 5. The summed E-state index contributed by atoms with van der Waals surface area (Å²) in [6.45, 7) is 16.0. The lowest BCUT2D eigenvalue weighted by Gasteiger charge is -2.20. The summed E-state index contributed by atoms with van der Waals surface area (Å²) in [5, 5.41) is 0. The standard InChI is InChI=1S/C23H28O3/c1-7-19-8-10-20(11-9-19)21-12-13-22(17(4)15-24-6)23(14-21)26-25-18(5)16(2)3/h7-10,12-14,18,20H,1-2,4,11,15H2,3,5-6H3. The molecule has 1 aliphatic rings. The number of methoxy groups -OCH3 is 1. The fraction of sp³-hybridized carbons (Fsp3) is 0.304. The van der Waals surface area contributed by atoms with Crippen LogP contribution in [0.25, 0.3) is 5.57 Å². The molecule has 0 amide bonds. The van der Waals surface area contributed by atoms with Gasteiger partial charge in [-0.1, -0.05) is 56.2 Å². The lowest BCUT2D eigenvalue weighted by molar-refractivity contribution is -0.229. The van der Waals surface area contributed by atoms with Crippen LogP contribution in [-0.4, -0.2) is 19.8 Å². The third-order valence-corrected chi connectivity index (χ3v) is 4.47. The van der Waals surface area contributed by atoms with E-state index < -0.39 is 0 Å². The second-order valence-corrected chi connectivity index (χ2v) is 6.57. The second kappa shape index (κ2) is 9.37. The van der Waals surface area contributed by atoms with Crippen LogP contribution in [0.3, 0.4) is 0 Å². The lowest BCUT2D eigenvalue weighted by atomic mass is 9.89. The highest BCUT2D eigenvalue weighted by Gasteiger charge is 2.16. The van der Waals surface area contributed by atoms with Crippen molar-refractivity contribution in [3.05, 3.63) is 84.5 Å². The third kappa shape index (κ3) is 5.07. The maximum atomic E-state index is 5.67. The van der Waals surface area contributed by atoms with Gasteiger partial charge in [-0.05, 0) is 48.6 Å². The first-order valence-corrected chi connectivity index (χ1v) is 8.76. The van der Waals surface area contributed by atoms with Crippen LogP contribution >= 0.6 is 0 Å². The van der Waals surface area contributed by atoms with E-state index in [1.54, 1.807) is 7.11 Å². The van der Waals surface area contributed by atoms with Gasteiger partial charge in [0.1, 0.15) is 6.10 Å². The van der Waals surface area contributed by atoms with Gasteiger partial charge >= 0.3 is 0 Å². The van der Waals surface area contributed by atoms with Crippen LogP contribution in [0.15, 0.2) is 73.4 Å². The summed E-state index contributed by atoms with van der Waals surface area (Å²) in [5.74, 6) is 0.939. The highest BCUT2D eigenvalue weighted by molar-refractivity contribution is 5.70. The van der Waals surface area contributed by atoms with Crippen molar-refractivity contribution in [2.24, 2.45) is 0 Å². The molecule has 1 aliphatic carbocycles. The molecular weight excluding hydrogens is 324 g/mol. The van der Waals surface area contributed by atoms with E-state index in [0.29, 0.717) is 18.3 Å². The molecule has 0 saturated carbocycles. The van der Waals surface area contributed by atoms with Gasteiger partial charge in [0, 0.05) is 18.6 Å². The molecule has 0 aromatic heterocycles. The summed E-state index contributed by atoms with van der Waals surface area (Å²) in [4.78, 5) is 11.2. The molecule has 0 bridgehead atoms. The Bertz CT molecular complexity index is 740. The molecule has 2 rings (SSSR count). The van der Waals surface area contributed by atoms with E-state index in [0.717, 1.165) is 34.3 Å². The van der Waals surface area contributed by atoms with Gasteiger partial charge in [-0.25, -0.2) is 0 Å². The van der Waals surface area contributed by atoms with E-state index in [1.807, 2.05) is 32.1 Å². The zero-order valence-electron chi connectivity index (χ0n) is 16.0. The van der Waals surface area contributed by atoms with E-state index in [2.05, 4.69) is 44.0 Å². The molecule has 1 aromatic rings. The number of hydrogen-bond donors (Lipinski definition) is 0. The van der Waals surface area contributed by atoms with Crippen molar-refractivity contribution in [1.29, 1.82) is 0 Å². The predicted molar refractivity (Wildman–Crippen MR) is 108 cm³/mol. The fourth-order valence-corrected chi connectivity index (χ4v) is 2.62. The zero-order valence-corrected chi connectivity index (χ0v) is 16.0. The van der Waals surface area contributed by atoms with Crippen LogP contribution < -0.4 is 4.89 Å². The summed E-state index contributed by atoms with van der Waals surface area (Å²) in [5.41, 5.74) is 4.94. The molecule has 0 saturated heterocycles. The zero-order chi connectivity index (χ0) is 19.1. The van der Waals surface area contributed by atoms with Crippen molar-refractivity contribution in [2.75, 3.05) is 13.7 Å². The molecule has 2 atom stereocenters.